The molecule has 0 aliphatic carbocycles. The van der Waals surface area contributed by atoms with Crippen molar-refractivity contribution >= 4 is 128 Å². The van der Waals surface area contributed by atoms with Gasteiger partial charge in [0.15, 0.2) is 5.75 Å². The van der Waals surface area contributed by atoms with Crippen LogP contribution in [-0.4, -0.2) is 104 Å². The number of methoxy groups -OCH3 is 2. The number of hydrogen-bond donors (Lipinski definition) is 7. The second-order valence-corrected chi connectivity index (χ2v) is 23.6. The summed E-state index contributed by atoms with van der Waals surface area (Å²) in [5.41, 5.74) is -0.0997. The molecule has 0 atom stereocenters. The van der Waals surface area contributed by atoms with Gasteiger partial charge in [-0.2, -0.15) is 57.1 Å². The van der Waals surface area contributed by atoms with Crippen LogP contribution in [0.5, 0.6) is 23.0 Å². The fourth-order valence-corrected chi connectivity index (χ4v) is 11.3. The van der Waals surface area contributed by atoms with E-state index in [1.807, 2.05) is 0 Å². The molecule has 1 heterocycles. The molecule has 0 spiro atoms. The van der Waals surface area contributed by atoms with Crippen molar-refractivity contribution in [2.75, 3.05) is 14.2 Å². The Morgan fingerprint density at radius 1 is 0.462 bits per heavy atom. The number of aryl methyl sites for hydroxylation is 1. The van der Waals surface area contributed by atoms with Crippen molar-refractivity contribution in [3.63, 3.8) is 0 Å². The van der Waals surface area contributed by atoms with Gasteiger partial charge >= 0.3 is 0 Å². The Hall–Kier alpha value is -8.51. The van der Waals surface area contributed by atoms with Crippen molar-refractivity contribution in [1.82, 2.24) is 15.0 Å². The smallest absolute Gasteiger partial charge is 0.296 e. The van der Waals surface area contributed by atoms with Crippen LogP contribution in [0.1, 0.15) is 5.56 Å². The van der Waals surface area contributed by atoms with E-state index in [0.29, 0.717) is 17.7 Å². The third-order valence-corrected chi connectivity index (χ3v) is 15.9. The van der Waals surface area contributed by atoms with Crippen LogP contribution in [-0.2, 0) is 50.6 Å². The summed E-state index contributed by atoms with van der Waals surface area (Å²) < 4.78 is 182. The quantitative estimate of drug-likeness (QED) is 0.0394. The highest BCUT2D eigenvalue weighted by molar-refractivity contribution is 7.87. The largest absolute Gasteiger partial charge is 0.506 e. The zero-order valence-electron chi connectivity index (χ0n) is 39.4. The average Bonchev–Trinajstić information content (AvgIpc) is 3.83. The molecule has 0 aliphatic heterocycles. The normalized spacial score (nSPS) is 13.1. The van der Waals surface area contributed by atoms with Gasteiger partial charge in [0.25, 0.3) is 50.6 Å². The lowest BCUT2D eigenvalue weighted by molar-refractivity contribution is 0.413. The molecule has 0 unspecified atom stereocenters. The SMILES string of the molecule is COc1cc(N=Nc2ccc3c(S(=O)(=O)O)cc(S(=O)(=O)O)cc3c2)c(C)cc1N=Nc1cc(O)c(N=Nc2c(S(=O)(=O)O)cc3cc(-n4nc5ccc6c(S(=O)(=O)O)cc(S(=O)(=O)O)cc6c5n4)ccc3c2O)cc1OC. The van der Waals surface area contributed by atoms with Crippen LogP contribution in [0.3, 0.4) is 0 Å². The first-order chi connectivity index (χ1) is 36.4. The first-order valence-electron chi connectivity index (χ1n) is 21.4. The van der Waals surface area contributed by atoms with Crippen molar-refractivity contribution in [3.05, 3.63) is 109 Å². The van der Waals surface area contributed by atoms with Crippen LogP contribution in [0.15, 0.2) is 158 Å². The van der Waals surface area contributed by atoms with Crippen LogP contribution >= 0.6 is 0 Å². The van der Waals surface area contributed by atoms with E-state index >= 15 is 0 Å². The van der Waals surface area contributed by atoms with E-state index < -0.39 is 92.3 Å². The summed E-state index contributed by atoms with van der Waals surface area (Å²) in [5.74, 6) is -1.32. The molecule has 7 N–H and O–H groups in total. The molecule has 0 fully saturated rings. The lowest BCUT2D eigenvalue weighted by Crippen LogP contribution is -2.04. The fourth-order valence-electron chi connectivity index (χ4n) is 7.91. The third-order valence-electron chi connectivity index (χ3n) is 11.6. The van der Waals surface area contributed by atoms with E-state index in [9.17, 15) is 75.1 Å². The maximum Gasteiger partial charge on any atom is 0.296 e. The second-order valence-electron chi connectivity index (χ2n) is 16.5. The van der Waals surface area contributed by atoms with Gasteiger partial charge in [0, 0.05) is 39.7 Å². The maximum atomic E-state index is 12.8. The Labute approximate surface area is 439 Å². The molecule has 78 heavy (non-hydrogen) atoms. The Morgan fingerprint density at radius 3 is 1.62 bits per heavy atom. The Bertz CT molecular complexity index is 4780. The topological polar surface area (TPSA) is 436 Å². The Morgan fingerprint density at radius 2 is 1.00 bits per heavy atom. The van der Waals surface area contributed by atoms with Gasteiger partial charge in [-0.3, -0.25) is 22.8 Å². The van der Waals surface area contributed by atoms with Crippen molar-refractivity contribution < 1.29 is 84.5 Å². The van der Waals surface area contributed by atoms with E-state index in [0.717, 1.165) is 35.1 Å². The zero-order valence-corrected chi connectivity index (χ0v) is 43.5. The van der Waals surface area contributed by atoms with Gasteiger partial charge < -0.3 is 19.7 Å². The summed E-state index contributed by atoms with van der Waals surface area (Å²) in [6.07, 6.45) is 0. The lowest BCUT2D eigenvalue weighted by atomic mass is 10.1. The zero-order chi connectivity index (χ0) is 56.6. The van der Waals surface area contributed by atoms with Crippen LogP contribution in [0.25, 0.3) is 49.0 Å². The number of aromatic nitrogens is 3. The molecule has 0 aliphatic rings. The molecular formula is C45H33N9O19S5. The van der Waals surface area contributed by atoms with Gasteiger partial charge in [-0.05, 0) is 96.1 Å². The van der Waals surface area contributed by atoms with Gasteiger partial charge in [0.05, 0.1) is 41.1 Å². The minimum Gasteiger partial charge on any atom is -0.506 e. The predicted octanol–water partition coefficient (Wildman–Crippen LogP) is 9.10. The van der Waals surface area contributed by atoms with Crippen molar-refractivity contribution in [2.24, 2.45) is 30.7 Å². The monoisotopic (exact) mass is 1160 g/mol. The van der Waals surface area contributed by atoms with Crippen molar-refractivity contribution in [1.29, 1.82) is 0 Å². The molecule has 33 heteroatoms. The summed E-state index contributed by atoms with van der Waals surface area (Å²) in [6, 6.07) is 19.6. The molecule has 1 aromatic heterocycles. The average molecular weight is 1160 g/mol. The van der Waals surface area contributed by atoms with Gasteiger partial charge in [0.2, 0.25) is 0 Å². The van der Waals surface area contributed by atoms with Crippen molar-refractivity contribution in [3.8, 4) is 28.7 Å². The van der Waals surface area contributed by atoms with Gasteiger partial charge in [-0.1, -0.05) is 12.1 Å². The van der Waals surface area contributed by atoms with Crippen molar-refractivity contribution in [2.45, 2.75) is 31.4 Å². The van der Waals surface area contributed by atoms with Gasteiger partial charge in [-0.25, -0.2) is 0 Å². The number of phenols is 2. The minimum atomic E-state index is -5.19. The summed E-state index contributed by atoms with van der Waals surface area (Å²) in [7, 11) is -22.4. The molecule has 0 amide bonds. The number of azo groups is 3. The first-order valence-corrected chi connectivity index (χ1v) is 28.6. The molecule has 8 aromatic carbocycles. The predicted molar refractivity (Wildman–Crippen MR) is 273 cm³/mol. The standard InChI is InChI=1S/C45H33N9O19S5/c1-21-10-35(38(72-2)19-33(21)47-46-24-4-6-28-22(11-24)13-26(74(57,58)59)16-40(28)76(63,64)65)49-50-36-18-37(55)34(20-39(36)73-3)48-51-44-42(78(69,70)71)14-23-12-25(5-7-29(23)45(44)56)54-52-32-9-8-30-31(43(32)53-54)15-27(75(60,61)62)17-41(30)77(66,67)68/h4-20,55-56H,1-3H3,(H,57,58,59)(H,60,61,62)(H,63,64,65)(H,66,67,68)(H,69,70,71). The molecular weight excluding hydrogens is 1130 g/mol. The lowest BCUT2D eigenvalue weighted by Gasteiger charge is -2.10. The summed E-state index contributed by atoms with van der Waals surface area (Å²) in [5, 5.41) is 55.2. The summed E-state index contributed by atoms with van der Waals surface area (Å²) in [6.45, 7) is 1.64. The molecule has 0 bridgehead atoms. The number of nitrogens with zero attached hydrogens (tertiary/aromatic N) is 9. The molecule has 9 rings (SSSR count). The van der Waals surface area contributed by atoms with E-state index in [4.69, 9.17) is 9.47 Å². The number of hydrogen-bond acceptors (Lipinski definition) is 22. The number of rotatable bonds is 14. The van der Waals surface area contributed by atoms with E-state index in [-0.39, 0.29) is 89.0 Å². The number of phenolic OH excluding ortho intramolecular Hbond substituents is 2. The second kappa shape index (κ2) is 19.5. The number of fused-ring (bicyclic) bond motifs is 5. The van der Waals surface area contributed by atoms with Crippen LogP contribution in [0.2, 0.25) is 0 Å². The molecule has 9 aromatic rings. The van der Waals surface area contributed by atoms with Gasteiger partial charge in [0.1, 0.15) is 65.7 Å². The third kappa shape index (κ3) is 10.6. The number of aromatic hydroxyl groups is 2. The fraction of sp³-hybridized carbons (Fsp3) is 0.0667. The highest BCUT2D eigenvalue weighted by Gasteiger charge is 2.26. The van der Waals surface area contributed by atoms with E-state index in [1.165, 1.54) is 74.9 Å². The highest BCUT2D eigenvalue weighted by atomic mass is 32.2. The number of benzene rings is 8. The molecule has 0 radical (unpaired) electrons. The van der Waals surface area contributed by atoms with Crippen LogP contribution in [0, 0.1) is 6.92 Å². The molecule has 28 nitrogen and oxygen atoms in total. The van der Waals surface area contributed by atoms with Crippen LogP contribution in [0.4, 0.5) is 34.1 Å². The molecule has 0 saturated heterocycles. The Balaban J connectivity index is 1.00. The summed E-state index contributed by atoms with van der Waals surface area (Å²) >= 11 is 0. The molecule has 0 saturated carbocycles. The summed E-state index contributed by atoms with van der Waals surface area (Å²) in [4.78, 5) is -3.20. The van der Waals surface area contributed by atoms with Crippen LogP contribution < -0.4 is 9.47 Å². The van der Waals surface area contributed by atoms with E-state index in [2.05, 4.69) is 40.9 Å². The Kier molecular flexibility index (Phi) is 13.6. The highest BCUT2D eigenvalue weighted by Crippen LogP contribution is 2.46. The minimum absolute atomic E-state index is 0.0148. The van der Waals surface area contributed by atoms with E-state index in [1.54, 1.807) is 6.92 Å². The van der Waals surface area contributed by atoms with Gasteiger partial charge in [-0.15, -0.1) is 30.7 Å². The number of ether oxygens (including phenoxy) is 2. The molecule has 402 valence electrons. The first kappa shape index (κ1) is 54.3. The maximum absolute atomic E-state index is 12.8.